The van der Waals surface area contributed by atoms with Crippen molar-refractivity contribution in [2.75, 3.05) is 5.83 Å². The maximum atomic E-state index is 2.94. The molecule has 25 heavy (non-hydrogen) atoms. The van der Waals surface area contributed by atoms with E-state index in [1.54, 1.807) is 0 Å². The zero-order chi connectivity index (χ0) is 19.1. The summed E-state index contributed by atoms with van der Waals surface area (Å²) in [6.07, 6.45) is 3.74. The number of hydrogen-bond acceptors (Lipinski definition) is 0. The topological polar surface area (TPSA) is 0 Å². The minimum atomic E-state index is 0.622. The zero-order valence-corrected chi connectivity index (χ0v) is 18.6. The average molecular weight is 405 g/mol. The van der Waals surface area contributed by atoms with Crippen molar-refractivity contribution >= 4 is 15.9 Å². The van der Waals surface area contributed by atoms with Gasteiger partial charge in [-0.05, 0) is 47.6 Å². The van der Waals surface area contributed by atoms with E-state index in [1.165, 1.54) is 30.4 Å². The molecule has 1 heteroatoms. The quantitative estimate of drug-likeness (QED) is 0.423. The Morgan fingerprint density at radius 1 is 0.680 bits per heavy atom. The predicted octanol–water partition coefficient (Wildman–Crippen LogP) is 8.44. The molecule has 0 aliphatic rings. The summed E-state index contributed by atoms with van der Waals surface area (Å²) in [5, 5.41) is 0. The monoisotopic (exact) mass is 404 g/mol. The third-order valence-corrected chi connectivity index (χ3v) is 4.59. The number of rotatable bonds is 6. The van der Waals surface area contributed by atoms with Crippen molar-refractivity contribution in [3.63, 3.8) is 0 Å². The molecule has 0 saturated heterocycles. The molecule has 0 radical (unpaired) electrons. The molecule has 0 N–H and O–H groups in total. The summed E-state index contributed by atoms with van der Waals surface area (Å²) in [7, 11) is 0. The molecular weight excluding hydrogens is 368 g/mol. The second kappa shape index (κ2) is 15.2. The Bertz CT molecular complexity index is 504. The van der Waals surface area contributed by atoms with Crippen molar-refractivity contribution in [2.24, 2.45) is 5.92 Å². The van der Waals surface area contributed by atoms with Gasteiger partial charge in [0.15, 0.2) is 0 Å². The van der Waals surface area contributed by atoms with E-state index in [0.29, 0.717) is 11.8 Å². The molecule has 0 heterocycles. The second-order valence-corrected chi connectivity index (χ2v) is 6.87. The van der Waals surface area contributed by atoms with Crippen LogP contribution in [-0.4, -0.2) is 5.83 Å². The smallest absolute Gasteiger partial charge is 0.00848 e. The van der Waals surface area contributed by atoms with Crippen LogP contribution in [0.25, 0.3) is 0 Å². The minimum absolute atomic E-state index is 0.622. The van der Waals surface area contributed by atoms with Crippen LogP contribution in [0.1, 0.15) is 76.8 Å². The van der Waals surface area contributed by atoms with Crippen LogP contribution in [0.4, 0.5) is 0 Å². The first-order chi connectivity index (χ1) is 12.1. The highest BCUT2D eigenvalue weighted by molar-refractivity contribution is 9.08. The van der Waals surface area contributed by atoms with Gasteiger partial charge in [-0.15, -0.1) is 0 Å². The molecule has 2 rings (SSSR count). The van der Waals surface area contributed by atoms with Gasteiger partial charge in [0.2, 0.25) is 0 Å². The molecule has 0 fully saturated rings. The number of halogens is 1. The lowest BCUT2D eigenvalue weighted by molar-refractivity contribution is 0.544. The fourth-order valence-electron chi connectivity index (χ4n) is 2.61. The summed E-state index contributed by atoms with van der Waals surface area (Å²) in [5.41, 5.74) is 2.93. The molecular formula is C24H37Br. The normalized spacial score (nSPS) is 12.3. The van der Waals surface area contributed by atoms with Crippen LogP contribution in [0.3, 0.4) is 0 Å². The molecule has 2 aromatic rings. The zero-order valence-electron chi connectivity index (χ0n) is 17.0. The summed E-state index contributed by atoms with van der Waals surface area (Å²) in [6.45, 7) is 11.3. The lowest BCUT2D eigenvalue weighted by Gasteiger charge is -2.20. The van der Waals surface area contributed by atoms with E-state index in [-0.39, 0.29) is 0 Å². The molecule has 140 valence electrons. The van der Waals surface area contributed by atoms with Crippen LogP contribution >= 0.6 is 15.9 Å². The molecule has 2 atom stereocenters. The molecule has 0 aliphatic carbocycles. The number of benzene rings is 2. The number of hydrogen-bond donors (Lipinski definition) is 0. The average Bonchev–Trinajstić information content (AvgIpc) is 2.69. The third kappa shape index (κ3) is 10.5. The Morgan fingerprint density at radius 3 is 1.44 bits per heavy atom. The van der Waals surface area contributed by atoms with Crippen LogP contribution < -0.4 is 0 Å². The second-order valence-electron chi connectivity index (χ2n) is 6.87. The first-order valence-electron chi connectivity index (χ1n) is 9.56. The van der Waals surface area contributed by atoms with Gasteiger partial charge in [0.25, 0.3) is 0 Å². The predicted molar refractivity (Wildman–Crippen MR) is 119 cm³/mol. The van der Waals surface area contributed by atoms with Gasteiger partial charge >= 0.3 is 0 Å². The number of alkyl halides is 1. The lowest BCUT2D eigenvalue weighted by Crippen LogP contribution is -2.03. The summed E-state index contributed by atoms with van der Waals surface area (Å²) in [5.74, 6) is 3.99. The van der Waals surface area contributed by atoms with E-state index in [0.717, 1.165) is 5.92 Å². The van der Waals surface area contributed by atoms with Crippen molar-refractivity contribution < 1.29 is 0 Å². The van der Waals surface area contributed by atoms with Crippen molar-refractivity contribution in [3.8, 4) is 0 Å². The van der Waals surface area contributed by atoms with Crippen LogP contribution in [0, 0.1) is 5.92 Å². The van der Waals surface area contributed by atoms with E-state index >= 15 is 0 Å². The largest absolute Gasteiger partial charge is 0.0966 e. The molecule has 2 unspecified atom stereocenters. The molecule has 0 amide bonds. The summed E-state index contributed by atoms with van der Waals surface area (Å²) in [4.78, 5) is 0. The molecule has 0 aromatic heterocycles. The summed E-state index contributed by atoms with van der Waals surface area (Å²) >= 11 is 2.94. The molecule has 0 nitrogen and oxygen atoms in total. The minimum Gasteiger partial charge on any atom is -0.0966 e. The van der Waals surface area contributed by atoms with Gasteiger partial charge in [-0.25, -0.2) is 0 Å². The fourth-order valence-corrected chi connectivity index (χ4v) is 2.61. The van der Waals surface area contributed by atoms with Crippen LogP contribution in [0.5, 0.6) is 0 Å². The molecule has 0 spiro atoms. The Balaban J connectivity index is 0.000000710. The van der Waals surface area contributed by atoms with Gasteiger partial charge in [-0.2, -0.15) is 0 Å². The van der Waals surface area contributed by atoms with Crippen molar-refractivity contribution in [1.29, 1.82) is 0 Å². The highest BCUT2D eigenvalue weighted by Crippen LogP contribution is 2.31. The molecule has 2 aromatic carbocycles. The highest BCUT2D eigenvalue weighted by Gasteiger charge is 2.14. The highest BCUT2D eigenvalue weighted by atomic mass is 79.9. The first-order valence-corrected chi connectivity index (χ1v) is 11.1. The standard InChI is InChI=1S/C18H22.C5H12.CH3Br/c1-3-16(18-12-8-5-9-13-18)14-15(2)17-10-6-4-7-11-17;1-4-5(2)3;1-2/h4-13,15-16H,3,14H2,1-2H3;5H,4H2,1-3H3;1H3. The van der Waals surface area contributed by atoms with Gasteiger partial charge in [0, 0.05) is 0 Å². The van der Waals surface area contributed by atoms with Gasteiger partial charge in [-0.1, -0.05) is 118 Å². The summed E-state index contributed by atoms with van der Waals surface area (Å²) in [6, 6.07) is 21.7. The molecule has 0 bridgehead atoms. The maximum Gasteiger partial charge on any atom is -0.00848 e. The van der Waals surface area contributed by atoms with E-state index in [9.17, 15) is 0 Å². The Kier molecular flexibility index (Phi) is 14.5. The SMILES string of the molecule is CBr.CCC(C)C.CCC(CC(C)c1ccccc1)c1ccccc1. The lowest BCUT2D eigenvalue weighted by atomic mass is 9.85. The molecule has 0 aliphatic heterocycles. The fraction of sp³-hybridized carbons (Fsp3) is 0.500. The maximum absolute atomic E-state index is 2.94. The van der Waals surface area contributed by atoms with E-state index in [4.69, 9.17) is 0 Å². The first kappa shape index (κ1) is 23.9. The van der Waals surface area contributed by atoms with Gasteiger partial charge in [-0.3, -0.25) is 0 Å². The Morgan fingerprint density at radius 2 is 1.08 bits per heavy atom. The van der Waals surface area contributed by atoms with Crippen LogP contribution in [0.2, 0.25) is 0 Å². The van der Waals surface area contributed by atoms with Crippen molar-refractivity contribution in [1.82, 2.24) is 0 Å². The van der Waals surface area contributed by atoms with Crippen LogP contribution in [-0.2, 0) is 0 Å². The van der Waals surface area contributed by atoms with E-state index < -0.39 is 0 Å². The Hall–Kier alpha value is -1.08. The van der Waals surface area contributed by atoms with Crippen LogP contribution in [0.15, 0.2) is 60.7 Å². The van der Waals surface area contributed by atoms with Crippen molar-refractivity contribution in [3.05, 3.63) is 71.8 Å². The van der Waals surface area contributed by atoms with E-state index in [2.05, 4.69) is 111 Å². The Labute approximate surface area is 165 Å². The van der Waals surface area contributed by atoms with Gasteiger partial charge in [0.05, 0.1) is 0 Å². The summed E-state index contributed by atoms with van der Waals surface area (Å²) < 4.78 is 0. The van der Waals surface area contributed by atoms with Crippen molar-refractivity contribution in [2.45, 2.75) is 65.7 Å². The van der Waals surface area contributed by atoms with E-state index in [1.807, 2.05) is 5.83 Å². The molecule has 0 saturated carbocycles. The van der Waals surface area contributed by atoms with Gasteiger partial charge in [0.1, 0.15) is 0 Å². The van der Waals surface area contributed by atoms with Gasteiger partial charge < -0.3 is 0 Å². The third-order valence-electron chi connectivity index (χ3n) is 4.59.